The number of likely N-dealkylation sites (N-methyl/N-ethyl adjacent to an activating group) is 1. The molecule has 0 saturated carbocycles. The first-order chi connectivity index (χ1) is 12.5. The molecule has 0 unspecified atom stereocenters. The van der Waals surface area contributed by atoms with E-state index in [1.807, 2.05) is 36.3 Å². The van der Waals surface area contributed by atoms with Crippen LogP contribution in [0.4, 0.5) is 0 Å². The molecule has 5 nitrogen and oxygen atoms in total. The number of carbonyl (C=O) groups is 1. The van der Waals surface area contributed by atoms with Gasteiger partial charge in [-0.3, -0.25) is 9.69 Å². The zero-order valence-corrected chi connectivity index (χ0v) is 16.1. The van der Waals surface area contributed by atoms with E-state index in [0.29, 0.717) is 5.92 Å². The van der Waals surface area contributed by atoms with Crippen LogP contribution in [0.1, 0.15) is 30.1 Å². The Bertz CT molecular complexity index is 805. The zero-order chi connectivity index (χ0) is 18.3. The topological polar surface area (TPSA) is 37.7 Å². The predicted molar refractivity (Wildman–Crippen MR) is 103 cm³/mol. The summed E-state index contributed by atoms with van der Waals surface area (Å²) in [5, 5.41) is 1.13. The summed E-state index contributed by atoms with van der Waals surface area (Å²) in [6, 6.07) is 8.09. The van der Waals surface area contributed by atoms with Gasteiger partial charge in [0.15, 0.2) is 0 Å². The van der Waals surface area contributed by atoms with Crippen LogP contribution in [-0.2, 0) is 11.8 Å². The highest BCUT2D eigenvalue weighted by atomic mass is 16.5. The number of rotatable bonds is 4. The molecule has 0 aliphatic carbocycles. The molecule has 26 heavy (non-hydrogen) atoms. The monoisotopic (exact) mass is 355 g/mol. The number of nitrogens with zero attached hydrogens (tertiary/aromatic N) is 3. The van der Waals surface area contributed by atoms with Gasteiger partial charge in [0.25, 0.3) is 5.91 Å². The standard InChI is InChI=1S/C21H29N3O2/c1-4-26-13-16-7-10-23(3)21(12-16)14-24(15-21)20(25)18-5-6-19-17(11-18)8-9-22(19)2/h5-6,8-9,11,16H,4,7,10,12-15H2,1-3H3/t16-/m1/s1. The fourth-order valence-corrected chi connectivity index (χ4v) is 4.61. The third-order valence-electron chi connectivity index (χ3n) is 6.30. The fourth-order valence-electron chi connectivity index (χ4n) is 4.61. The Labute approximate surface area is 155 Å². The van der Waals surface area contributed by atoms with Crippen molar-refractivity contribution < 1.29 is 9.53 Å². The summed E-state index contributed by atoms with van der Waals surface area (Å²) in [5.41, 5.74) is 2.10. The highest BCUT2D eigenvalue weighted by Gasteiger charge is 2.50. The molecule has 2 fully saturated rings. The molecule has 2 aromatic rings. The second-order valence-electron chi connectivity index (χ2n) is 8.03. The Morgan fingerprint density at radius 2 is 2.08 bits per heavy atom. The first-order valence-electron chi connectivity index (χ1n) is 9.66. The molecular weight excluding hydrogens is 326 g/mol. The van der Waals surface area contributed by atoms with Gasteiger partial charge in [0.05, 0.1) is 5.54 Å². The molecule has 1 amide bonds. The minimum Gasteiger partial charge on any atom is -0.381 e. The Hall–Kier alpha value is -1.85. The Balaban J connectivity index is 1.44. The van der Waals surface area contributed by atoms with E-state index in [4.69, 9.17) is 4.74 Å². The van der Waals surface area contributed by atoms with Crippen LogP contribution in [0.3, 0.4) is 0 Å². The molecule has 2 aliphatic rings. The van der Waals surface area contributed by atoms with Crippen LogP contribution in [0.5, 0.6) is 0 Å². The summed E-state index contributed by atoms with van der Waals surface area (Å²) in [4.78, 5) is 17.4. The van der Waals surface area contributed by atoms with Crippen molar-refractivity contribution in [3.63, 3.8) is 0 Å². The van der Waals surface area contributed by atoms with Gasteiger partial charge in [-0.25, -0.2) is 0 Å². The summed E-state index contributed by atoms with van der Waals surface area (Å²) in [6.07, 6.45) is 4.36. The largest absolute Gasteiger partial charge is 0.381 e. The van der Waals surface area contributed by atoms with E-state index < -0.39 is 0 Å². The fraction of sp³-hybridized carbons (Fsp3) is 0.571. The molecular formula is C21H29N3O2. The van der Waals surface area contributed by atoms with Crippen LogP contribution in [-0.4, -0.2) is 65.7 Å². The van der Waals surface area contributed by atoms with Crippen LogP contribution >= 0.6 is 0 Å². The van der Waals surface area contributed by atoms with Crippen molar-refractivity contribution >= 4 is 16.8 Å². The summed E-state index contributed by atoms with van der Waals surface area (Å²) in [5.74, 6) is 0.769. The lowest BCUT2D eigenvalue weighted by molar-refractivity contribution is -0.0751. The van der Waals surface area contributed by atoms with Crippen LogP contribution in [0.25, 0.3) is 10.9 Å². The number of amides is 1. The maximum Gasteiger partial charge on any atom is 0.254 e. The number of hydrogen-bond acceptors (Lipinski definition) is 3. The second-order valence-corrected chi connectivity index (χ2v) is 8.03. The highest BCUT2D eigenvalue weighted by Crippen LogP contribution is 2.39. The van der Waals surface area contributed by atoms with Crippen LogP contribution in [0, 0.1) is 5.92 Å². The number of carbonyl (C=O) groups excluding carboxylic acids is 1. The molecule has 1 aromatic carbocycles. The first kappa shape index (κ1) is 17.6. The number of hydrogen-bond donors (Lipinski definition) is 0. The van der Waals surface area contributed by atoms with Gasteiger partial charge in [0.1, 0.15) is 0 Å². The van der Waals surface area contributed by atoms with Gasteiger partial charge in [-0.15, -0.1) is 0 Å². The van der Waals surface area contributed by atoms with Gasteiger partial charge in [0, 0.05) is 56.0 Å². The van der Waals surface area contributed by atoms with E-state index in [1.54, 1.807) is 0 Å². The van der Waals surface area contributed by atoms with Crippen molar-refractivity contribution in [3.8, 4) is 0 Å². The van der Waals surface area contributed by atoms with E-state index in [-0.39, 0.29) is 11.4 Å². The Kier molecular flexibility index (Phi) is 4.53. The number of likely N-dealkylation sites (tertiary alicyclic amines) is 2. The number of benzene rings is 1. The van der Waals surface area contributed by atoms with Crippen molar-refractivity contribution in [2.75, 3.05) is 39.9 Å². The lowest BCUT2D eigenvalue weighted by Crippen LogP contribution is -2.72. The number of piperidine rings is 1. The molecule has 1 spiro atoms. The number of ether oxygens (including phenoxy) is 1. The zero-order valence-electron chi connectivity index (χ0n) is 16.1. The van der Waals surface area contributed by atoms with Crippen molar-refractivity contribution in [1.82, 2.24) is 14.4 Å². The molecule has 0 bridgehead atoms. The minimum atomic E-state index is 0.145. The maximum atomic E-state index is 12.9. The number of aryl methyl sites for hydroxylation is 1. The molecule has 4 rings (SSSR count). The lowest BCUT2D eigenvalue weighted by Gasteiger charge is -2.58. The highest BCUT2D eigenvalue weighted by molar-refractivity contribution is 5.98. The molecule has 3 heterocycles. The maximum absolute atomic E-state index is 12.9. The average Bonchev–Trinajstić information content (AvgIpc) is 2.99. The lowest BCUT2D eigenvalue weighted by atomic mass is 9.75. The number of aromatic nitrogens is 1. The normalized spacial score (nSPS) is 22.7. The quantitative estimate of drug-likeness (QED) is 0.846. The molecule has 2 saturated heterocycles. The third kappa shape index (κ3) is 2.93. The summed E-state index contributed by atoms with van der Waals surface area (Å²) < 4.78 is 7.74. The van der Waals surface area contributed by atoms with E-state index >= 15 is 0 Å². The van der Waals surface area contributed by atoms with Gasteiger partial charge in [-0.2, -0.15) is 0 Å². The molecule has 2 aliphatic heterocycles. The van der Waals surface area contributed by atoms with Gasteiger partial charge >= 0.3 is 0 Å². The van der Waals surface area contributed by atoms with Crippen LogP contribution in [0.2, 0.25) is 0 Å². The van der Waals surface area contributed by atoms with Gasteiger partial charge in [-0.1, -0.05) is 0 Å². The van der Waals surface area contributed by atoms with Crippen molar-refractivity contribution in [1.29, 1.82) is 0 Å². The van der Waals surface area contributed by atoms with Crippen molar-refractivity contribution in [2.45, 2.75) is 25.3 Å². The van der Waals surface area contributed by atoms with E-state index in [0.717, 1.165) is 55.7 Å². The van der Waals surface area contributed by atoms with Gasteiger partial charge in [-0.05, 0) is 63.5 Å². The first-order valence-corrected chi connectivity index (χ1v) is 9.66. The summed E-state index contributed by atoms with van der Waals surface area (Å²) in [7, 11) is 4.23. The van der Waals surface area contributed by atoms with Crippen LogP contribution in [0.15, 0.2) is 30.5 Å². The number of fused-ring (bicyclic) bond motifs is 1. The van der Waals surface area contributed by atoms with Crippen molar-refractivity contribution in [3.05, 3.63) is 36.0 Å². The third-order valence-corrected chi connectivity index (χ3v) is 6.30. The Morgan fingerprint density at radius 3 is 2.85 bits per heavy atom. The molecule has 0 radical (unpaired) electrons. The second kappa shape index (κ2) is 6.71. The van der Waals surface area contributed by atoms with Crippen molar-refractivity contribution in [2.24, 2.45) is 13.0 Å². The Morgan fingerprint density at radius 1 is 1.27 bits per heavy atom. The molecule has 0 N–H and O–H groups in total. The van der Waals surface area contributed by atoms with E-state index in [9.17, 15) is 4.79 Å². The van der Waals surface area contributed by atoms with Gasteiger partial charge in [0.2, 0.25) is 0 Å². The minimum absolute atomic E-state index is 0.145. The van der Waals surface area contributed by atoms with E-state index in [1.165, 1.54) is 6.42 Å². The molecule has 1 aromatic heterocycles. The smallest absolute Gasteiger partial charge is 0.254 e. The summed E-state index contributed by atoms with van der Waals surface area (Å²) in [6.45, 7) is 6.44. The van der Waals surface area contributed by atoms with E-state index in [2.05, 4.69) is 29.5 Å². The SMILES string of the molecule is CCOC[C@@H]1CCN(C)C2(C1)CN(C(=O)c1ccc3c(ccn3C)c1)C2. The molecule has 140 valence electrons. The van der Waals surface area contributed by atoms with Crippen LogP contribution < -0.4 is 0 Å². The summed E-state index contributed by atoms with van der Waals surface area (Å²) >= 11 is 0. The molecule has 5 heteroatoms. The molecule has 1 atom stereocenters. The predicted octanol–water partition coefficient (Wildman–Crippen LogP) is 2.75. The van der Waals surface area contributed by atoms with Gasteiger partial charge < -0.3 is 14.2 Å². The average molecular weight is 355 g/mol.